The second-order valence-corrected chi connectivity index (χ2v) is 8.88. The molecule has 34 heavy (non-hydrogen) atoms. The molecule has 8 nitrogen and oxygen atoms in total. The van der Waals surface area contributed by atoms with Gasteiger partial charge in [-0.3, -0.25) is 9.59 Å². The first-order valence-corrected chi connectivity index (χ1v) is 11.4. The van der Waals surface area contributed by atoms with Crippen molar-refractivity contribution in [2.45, 2.75) is 12.5 Å². The molecule has 1 fully saturated rings. The van der Waals surface area contributed by atoms with E-state index in [1.165, 1.54) is 0 Å². The van der Waals surface area contributed by atoms with Gasteiger partial charge >= 0.3 is 0 Å². The predicted molar refractivity (Wildman–Crippen MR) is 130 cm³/mol. The molecule has 2 aromatic carbocycles. The maximum atomic E-state index is 13.2. The molecule has 1 atom stereocenters. The number of hydrogen-bond acceptors (Lipinski definition) is 7. The summed E-state index contributed by atoms with van der Waals surface area (Å²) in [5, 5.41) is 11.4. The molecule has 1 saturated heterocycles. The van der Waals surface area contributed by atoms with Gasteiger partial charge in [-0.25, -0.2) is 0 Å². The fourth-order valence-corrected chi connectivity index (χ4v) is 4.48. The first-order valence-electron chi connectivity index (χ1n) is 11.4. The summed E-state index contributed by atoms with van der Waals surface area (Å²) in [7, 11) is 7.44. The molecule has 4 rings (SSSR count). The van der Waals surface area contributed by atoms with Gasteiger partial charge < -0.3 is 29.3 Å². The van der Waals surface area contributed by atoms with E-state index in [0.717, 1.165) is 24.5 Å². The molecule has 180 valence electrons. The maximum absolute atomic E-state index is 13.2. The number of ether oxygens (including phenoxy) is 2. The predicted octanol–water partition coefficient (Wildman–Crippen LogP) is 2.90. The molecule has 8 heteroatoms. The number of amides is 1. The zero-order valence-electron chi connectivity index (χ0n) is 20.1. The monoisotopic (exact) mass is 465 g/mol. The highest BCUT2D eigenvalue weighted by molar-refractivity contribution is 6.46. The van der Waals surface area contributed by atoms with Crippen LogP contribution in [-0.4, -0.2) is 81.1 Å². The number of benzene rings is 2. The maximum Gasteiger partial charge on any atom is 0.295 e. The molecule has 1 unspecified atom stereocenters. The minimum atomic E-state index is -0.706. The average molecular weight is 466 g/mol. The molecule has 0 radical (unpaired) electrons. The van der Waals surface area contributed by atoms with E-state index < -0.39 is 17.7 Å². The number of carbonyl (C=O) groups excluding carboxylic acids is 2. The van der Waals surface area contributed by atoms with Gasteiger partial charge in [0, 0.05) is 19.2 Å². The van der Waals surface area contributed by atoms with E-state index in [9.17, 15) is 14.7 Å². The zero-order valence-corrected chi connectivity index (χ0v) is 20.1. The van der Waals surface area contributed by atoms with Crippen LogP contribution in [0.5, 0.6) is 11.5 Å². The summed E-state index contributed by atoms with van der Waals surface area (Å²) in [4.78, 5) is 32.0. The number of fused-ring (bicyclic) bond motifs is 1. The largest absolute Gasteiger partial charge is 0.507 e. The first kappa shape index (κ1) is 23.6. The second-order valence-electron chi connectivity index (χ2n) is 8.88. The van der Waals surface area contributed by atoms with Gasteiger partial charge in [0.15, 0.2) is 0 Å². The van der Waals surface area contributed by atoms with E-state index in [1.807, 2.05) is 43.1 Å². The van der Waals surface area contributed by atoms with Crippen molar-refractivity contribution in [1.29, 1.82) is 0 Å². The van der Waals surface area contributed by atoms with Crippen molar-refractivity contribution in [2.24, 2.45) is 0 Å². The molecule has 0 aliphatic carbocycles. The molecule has 0 spiro atoms. The Hall–Kier alpha value is -3.52. The van der Waals surface area contributed by atoms with Crippen LogP contribution in [0.15, 0.2) is 48.0 Å². The van der Waals surface area contributed by atoms with E-state index in [2.05, 4.69) is 0 Å². The number of methoxy groups -OCH3 is 1. The quantitative estimate of drug-likeness (QED) is 0.383. The molecule has 1 N–H and O–H groups in total. The van der Waals surface area contributed by atoms with Crippen LogP contribution >= 0.6 is 0 Å². The van der Waals surface area contributed by atoms with E-state index in [4.69, 9.17) is 9.47 Å². The van der Waals surface area contributed by atoms with Gasteiger partial charge in [0.05, 0.1) is 31.0 Å². The highest BCUT2D eigenvalue weighted by Crippen LogP contribution is 2.41. The lowest BCUT2D eigenvalue weighted by atomic mass is 9.94. The summed E-state index contributed by atoms with van der Waals surface area (Å²) < 4.78 is 11.1. The lowest BCUT2D eigenvalue weighted by molar-refractivity contribution is -0.139. The molecule has 2 aliphatic heterocycles. The van der Waals surface area contributed by atoms with Crippen LogP contribution in [0.25, 0.3) is 5.76 Å². The van der Waals surface area contributed by atoms with Gasteiger partial charge in [-0.15, -0.1) is 0 Å². The first-order chi connectivity index (χ1) is 16.3. The van der Waals surface area contributed by atoms with E-state index >= 15 is 0 Å². The van der Waals surface area contributed by atoms with Gasteiger partial charge in [0.2, 0.25) is 0 Å². The van der Waals surface area contributed by atoms with Crippen molar-refractivity contribution in [2.75, 3.05) is 59.4 Å². The number of aliphatic hydroxyl groups is 1. The number of likely N-dealkylation sites (N-methyl/N-ethyl adjacent to an activating group) is 1. The third-order valence-electron chi connectivity index (χ3n) is 6.28. The van der Waals surface area contributed by atoms with E-state index in [0.29, 0.717) is 36.4 Å². The Kier molecular flexibility index (Phi) is 6.79. The summed E-state index contributed by atoms with van der Waals surface area (Å²) in [5.74, 6) is -0.144. The number of carbonyl (C=O) groups is 2. The lowest BCUT2D eigenvalue weighted by Gasteiger charge is -2.28. The lowest BCUT2D eigenvalue weighted by Crippen LogP contribution is -2.32. The van der Waals surface area contributed by atoms with Crippen LogP contribution in [-0.2, 0) is 9.59 Å². The number of rotatable bonds is 7. The molecule has 0 saturated carbocycles. The zero-order chi connectivity index (χ0) is 24.4. The Morgan fingerprint density at radius 2 is 2.00 bits per heavy atom. The van der Waals surface area contributed by atoms with Crippen LogP contribution in [0, 0.1) is 0 Å². The van der Waals surface area contributed by atoms with Crippen LogP contribution < -0.4 is 14.4 Å². The number of ketones is 1. The third kappa shape index (κ3) is 4.46. The van der Waals surface area contributed by atoms with E-state index in [1.54, 1.807) is 42.3 Å². The minimum absolute atomic E-state index is 0.0856. The van der Waals surface area contributed by atoms with Crippen LogP contribution in [0.3, 0.4) is 0 Å². The topological polar surface area (TPSA) is 82.5 Å². The van der Waals surface area contributed by atoms with Gasteiger partial charge in [-0.05, 0) is 63.0 Å². The summed E-state index contributed by atoms with van der Waals surface area (Å²) in [6, 6.07) is 11.9. The van der Waals surface area contributed by atoms with E-state index in [-0.39, 0.29) is 11.3 Å². The molecule has 2 heterocycles. The van der Waals surface area contributed by atoms with Crippen molar-refractivity contribution < 1.29 is 24.2 Å². The van der Waals surface area contributed by atoms with Crippen molar-refractivity contribution in [3.63, 3.8) is 0 Å². The standard InChI is InChI=1S/C26H31N3O5/c1-27(2)11-6-12-29-23(17-7-5-8-19(15-17)33-4)22(25(31)26(29)32)24(30)18-9-10-21-20(16-18)28(3)13-14-34-21/h5,7-10,15-16,23,30H,6,11-14H2,1-4H3/b24-22-. The van der Waals surface area contributed by atoms with Crippen LogP contribution in [0.1, 0.15) is 23.6 Å². The van der Waals surface area contributed by atoms with Crippen molar-refractivity contribution in [3.05, 3.63) is 59.2 Å². The summed E-state index contributed by atoms with van der Waals surface area (Å²) >= 11 is 0. The average Bonchev–Trinajstić information content (AvgIpc) is 3.08. The summed E-state index contributed by atoms with van der Waals surface area (Å²) in [6.45, 7) is 2.47. The molecular formula is C26H31N3O5. The van der Waals surface area contributed by atoms with Gasteiger partial charge in [0.25, 0.3) is 11.7 Å². The van der Waals surface area contributed by atoms with Gasteiger partial charge in [0.1, 0.15) is 23.9 Å². The molecule has 2 aliphatic rings. The number of Topliss-reactive ketones (excluding diaryl/α,β-unsaturated/α-hetero) is 1. The Morgan fingerprint density at radius 1 is 1.21 bits per heavy atom. The second kappa shape index (κ2) is 9.77. The summed E-state index contributed by atoms with van der Waals surface area (Å²) in [6.07, 6.45) is 0.696. The van der Waals surface area contributed by atoms with Gasteiger partial charge in [-0.1, -0.05) is 12.1 Å². The third-order valence-corrected chi connectivity index (χ3v) is 6.28. The number of anilines is 1. The Labute approximate surface area is 200 Å². The fraction of sp³-hybridized carbons (Fsp3) is 0.385. The molecule has 0 bridgehead atoms. The van der Waals surface area contributed by atoms with Gasteiger partial charge in [-0.2, -0.15) is 0 Å². The highest BCUT2D eigenvalue weighted by atomic mass is 16.5. The SMILES string of the molecule is COc1cccc(C2/C(=C(/O)c3ccc4c(c3)N(C)CCO4)C(=O)C(=O)N2CCCN(C)C)c1. The normalized spacial score (nSPS) is 19.4. The number of likely N-dealkylation sites (tertiary alicyclic amines) is 1. The molecule has 0 aromatic heterocycles. The molecule has 1 amide bonds. The number of aliphatic hydroxyl groups excluding tert-OH is 1. The van der Waals surface area contributed by atoms with Crippen LogP contribution in [0.2, 0.25) is 0 Å². The van der Waals surface area contributed by atoms with Crippen molar-refractivity contribution in [3.8, 4) is 11.5 Å². The number of hydrogen-bond donors (Lipinski definition) is 1. The molecule has 2 aromatic rings. The van der Waals surface area contributed by atoms with Crippen LogP contribution in [0.4, 0.5) is 5.69 Å². The fourth-order valence-electron chi connectivity index (χ4n) is 4.48. The smallest absolute Gasteiger partial charge is 0.295 e. The Bertz CT molecular complexity index is 1130. The highest BCUT2D eigenvalue weighted by Gasteiger charge is 2.46. The Balaban J connectivity index is 1.81. The minimum Gasteiger partial charge on any atom is -0.507 e. The molecular weight excluding hydrogens is 434 g/mol. The van der Waals surface area contributed by atoms with Crippen molar-refractivity contribution in [1.82, 2.24) is 9.80 Å². The van der Waals surface area contributed by atoms with Crippen molar-refractivity contribution >= 4 is 23.1 Å². The summed E-state index contributed by atoms with van der Waals surface area (Å²) in [5.41, 5.74) is 2.09. The number of nitrogens with zero attached hydrogens (tertiary/aromatic N) is 3. The Morgan fingerprint density at radius 3 is 2.74 bits per heavy atom.